The van der Waals surface area contributed by atoms with Gasteiger partial charge in [0.2, 0.25) is 0 Å². The van der Waals surface area contributed by atoms with Crippen LogP contribution in [0.1, 0.15) is 12.8 Å². The van der Waals surface area contributed by atoms with Crippen molar-refractivity contribution >= 4 is 27.1 Å². The highest BCUT2D eigenvalue weighted by atomic mass is 32.1. The summed E-state index contributed by atoms with van der Waals surface area (Å²) in [6.45, 7) is 0. The van der Waals surface area contributed by atoms with Crippen LogP contribution in [-0.4, -0.2) is 19.3 Å². The van der Waals surface area contributed by atoms with Gasteiger partial charge in [-0.3, -0.25) is 0 Å². The maximum atomic E-state index is 5.27. The summed E-state index contributed by atoms with van der Waals surface area (Å²) in [5.41, 5.74) is 1.23. The highest BCUT2D eigenvalue weighted by Crippen LogP contribution is 2.29. The first-order valence-corrected chi connectivity index (χ1v) is 6.50. The highest BCUT2D eigenvalue weighted by molar-refractivity contribution is 7.17. The molecule has 0 amide bonds. The average molecular weight is 233 g/mol. The summed E-state index contributed by atoms with van der Waals surface area (Å²) in [7, 11) is 1.79. The number of benzene rings is 1. The predicted molar refractivity (Wildman–Crippen MR) is 69.3 cm³/mol. The molecule has 0 radical (unpaired) electrons. The lowest BCUT2D eigenvalue weighted by Gasteiger charge is -2.35. The third kappa shape index (κ3) is 1.81. The van der Waals surface area contributed by atoms with Gasteiger partial charge in [-0.2, -0.15) is 0 Å². The molecular weight excluding hydrogens is 218 g/mol. The molecule has 84 valence electrons. The Morgan fingerprint density at radius 3 is 3.00 bits per heavy atom. The molecule has 0 saturated heterocycles. The minimum atomic E-state index is 0.461. The Balaban J connectivity index is 1.70. The van der Waals surface area contributed by atoms with Crippen molar-refractivity contribution in [3.05, 3.63) is 29.6 Å². The monoisotopic (exact) mass is 233 g/mol. The lowest BCUT2D eigenvalue weighted by Crippen LogP contribution is -2.40. The van der Waals surface area contributed by atoms with Crippen molar-refractivity contribution in [3.63, 3.8) is 0 Å². The van der Waals surface area contributed by atoms with Gasteiger partial charge >= 0.3 is 0 Å². The van der Waals surface area contributed by atoms with Crippen LogP contribution in [0, 0.1) is 0 Å². The predicted octanol–water partition coefficient (Wildman–Crippen LogP) is 3.49. The van der Waals surface area contributed by atoms with E-state index in [-0.39, 0.29) is 0 Å². The SMILES string of the molecule is COC1CC(Nc2ccc3sccc3c2)C1. The first-order valence-electron chi connectivity index (χ1n) is 5.62. The van der Waals surface area contributed by atoms with Crippen LogP contribution in [-0.2, 0) is 4.74 Å². The van der Waals surface area contributed by atoms with Crippen molar-refractivity contribution in [2.24, 2.45) is 0 Å². The Hall–Kier alpha value is -1.06. The third-order valence-corrected chi connectivity index (χ3v) is 4.15. The number of thiophene rings is 1. The standard InChI is InChI=1S/C13H15NOS/c1-15-12-7-11(8-12)14-10-2-3-13-9(6-10)4-5-16-13/h2-6,11-12,14H,7-8H2,1H3. The van der Waals surface area contributed by atoms with Crippen LogP contribution in [0.25, 0.3) is 10.1 Å². The molecule has 0 spiro atoms. The number of methoxy groups -OCH3 is 1. The minimum absolute atomic E-state index is 0.461. The van der Waals surface area contributed by atoms with Crippen LogP contribution < -0.4 is 5.32 Å². The van der Waals surface area contributed by atoms with E-state index in [1.807, 2.05) is 0 Å². The molecule has 1 heterocycles. The van der Waals surface area contributed by atoms with Crippen molar-refractivity contribution in [2.45, 2.75) is 25.0 Å². The van der Waals surface area contributed by atoms with Gasteiger partial charge in [-0.1, -0.05) is 0 Å². The zero-order chi connectivity index (χ0) is 11.0. The van der Waals surface area contributed by atoms with E-state index in [0.717, 1.165) is 12.8 Å². The smallest absolute Gasteiger partial charge is 0.0610 e. The number of rotatable bonds is 3. The normalized spacial score (nSPS) is 24.3. The molecule has 0 aliphatic heterocycles. The molecule has 0 atom stereocenters. The third-order valence-electron chi connectivity index (χ3n) is 3.25. The Kier molecular flexibility index (Phi) is 2.58. The molecule has 0 bridgehead atoms. The van der Waals surface area contributed by atoms with E-state index >= 15 is 0 Å². The summed E-state index contributed by atoms with van der Waals surface area (Å²) in [5.74, 6) is 0. The molecule has 3 heteroatoms. The van der Waals surface area contributed by atoms with Gasteiger partial charge < -0.3 is 10.1 Å². The number of hydrogen-bond acceptors (Lipinski definition) is 3. The van der Waals surface area contributed by atoms with Crippen LogP contribution in [0.4, 0.5) is 5.69 Å². The van der Waals surface area contributed by atoms with Crippen molar-refractivity contribution in [3.8, 4) is 0 Å². The first-order chi connectivity index (χ1) is 7.85. The molecule has 1 aliphatic carbocycles. The summed E-state index contributed by atoms with van der Waals surface area (Å²) in [5, 5.41) is 7.02. The molecule has 1 fully saturated rings. The summed E-state index contributed by atoms with van der Waals surface area (Å²) in [4.78, 5) is 0. The topological polar surface area (TPSA) is 21.3 Å². The molecule has 1 N–H and O–H groups in total. The molecule has 3 rings (SSSR count). The largest absolute Gasteiger partial charge is 0.382 e. The van der Waals surface area contributed by atoms with E-state index in [2.05, 4.69) is 35.0 Å². The number of hydrogen-bond donors (Lipinski definition) is 1. The first kappa shape index (κ1) is 10.1. The summed E-state index contributed by atoms with van der Waals surface area (Å²) >= 11 is 1.79. The van der Waals surface area contributed by atoms with Crippen molar-refractivity contribution < 1.29 is 4.74 Å². The van der Waals surface area contributed by atoms with E-state index in [4.69, 9.17) is 4.74 Å². The van der Waals surface area contributed by atoms with E-state index in [1.54, 1.807) is 18.4 Å². The van der Waals surface area contributed by atoms with Gasteiger partial charge in [0.1, 0.15) is 0 Å². The van der Waals surface area contributed by atoms with Gasteiger partial charge in [-0.15, -0.1) is 11.3 Å². The number of nitrogens with one attached hydrogen (secondary N) is 1. The van der Waals surface area contributed by atoms with Gasteiger partial charge in [0.15, 0.2) is 0 Å². The van der Waals surface area contributed by atoms with E-state index in [1.165, 1.54) is 15.8 Å². The molecule has 1 aliphatic rings. The minimum Gasteiger partial charge on any atom is -0.382 e. The van der Waals surface area contributed by atoms with E-state index in [9.17, 15) is 0 Å². The molecule has 2 aromatic rings. The molecule has 2 nitrogen and oxygen atoms in total. The molecule has 1 saturated carbocycles. The quantitative estimate of drug-likeness (QED) is 0.876. The molecule has 16 heavy (non-hydrogen) atoms. The summed E-state index contributed by atoms with van der Waals surface area (Å²) in [6.07, 6.45) is 2.71. The van der Waals surface area contributed by atoms with Crippen LogP contribution in [0.15, 0.2) is 29.6 Å². The Labute approximate surface area is 99.2 Å². The number of fused-ring (bicyclic) bond motifs is 1. The summed E-state index contributed by atoms with van der Waals surface area (Å²) in [6, 6.07) is 9.34. The lowest BCUT2D eigenvalue weighted by molar-refractivity contribution is 0.0329. The van der Waals surface area contributed by atoms with Crippen molar-refractivity contribution in [2.75, 3.05) is 12.4 Å². The Bertz CT molecular complexity index is 487. The second-order valence-corrected chi connectivity index (χ2v) is 5.29. The van der Waals surface area contributed by atoms with Gasteiger partial charge in [0.25, 0.3) is 0 Å². The van der Waals surface area contributed by atoms with Crippen molar-refractivity contribution in [1.82, 2.24) is 0 Å². The summed E-state index contributed by atoms with van der Waals surface area (Å²) < 4.78 is 6.63. The zero-order valence-corrected chi connectivity index (χ0v) is 10.1. The maximum Gasteiger partial charge on any atom is 0.0610 e. The van der Waals surface area contributed by atoms with Crippen molar-refractivity contribution in [1.29, 1.82) is 0 Å². The number of anilines is 1. The maximum absolute atomic E-state index is 5.27. The van der Waals surface area contributed by atoms with Gasteiger partial charge in [-0.25, -0.2) is 0 Å². The van der Waals surface area contributed by atoms with Gasteiger partial charge in [0, 0.05) is 23.5 Å². The molecule has 1 aromatic heterocycles. The van der Waals surface area contributed by atoms with Gasteiger partial charge in [0.05, 0.1) is 6.10 Å². The second kappa shape index (κ2) is 4.07. The fourth-order valence-electron chi connectivity index (χ4n) is 2.17. The molecule has 1 aromatic carbocycles. The van der Waals surface area contributed by atoms with E-state index < -0.39 is 0 Å². The Morgan fingerprint density at radius 1 is 1.31 bits per heavy atom. The van der Waals surface area contributed by atoms with Crippen LogP contribution in [0.2, 0.25) is 0 Å². The fraction of sp³-hybridized carbons (Fsp3) is 0.385. The lowest BCUT2D eigenvalue weighted by atomic mass is 9.89. The molecular formula is C13H15NOS. The zero-order valence-electron chi connectivity index (χ0n) is 9.27. The van der Waals surface area contributed by atoms with Crippen LogP contribution >= 0.6 is 11.3 Å². The molecule has 0 unspecified atom stereocenters. The number of ether oxygens (including phenoxy) is 1. The highest BCUT2D eigenvalue weighted by Gasteiger charge is 2.28. The second-order valence-electron chi connectivity index (χ2n) is 4.34. The van der Waals surface area contributed by atoms with Crippen LogP contribution in [0.3, 0.4) is 0 Å². The van der Waals surface area contributed by atoms with Gasteiger partial charge in [-0.05, 0) is 47.9 Å². The van der Waals surface area contributed by atoms with Crippen LogP contribution in [0.5, 0.6) is 0 Å². The van der Waals surface area contributed by atoms with E-state index in [0.29, 0.717) is 12.1 Å². The Morgan fingerprint density at radius 2 is 2.19 bits per heavy atom. The fourth-order valence-corrected chi connectivity index (χ4v) is 2.94. The average Bonchev–Trinajstić information content (AvgIpc) is 2.69.